The van der Waals surface area contributed by atoms with Gasteiger partial charge in [0.25, 0.3) is 0 Å². The SMILES string of the molecule is CC(C)N(CCCO)CCCN1CCCC1. The zero-order chi connectivity index (χ0) is 11.8. The zero-order valence-electron chi connectivity index (χ0n) is 11.0. The van der Waals surface area contributed by atoms with Crippen LogP contribution in [0.2, 0.25) is 0 Å². The fourth-order valence-corrected chi connectivity index (χ4v) is 2.41. The van der Waals surface area contributed by atoms with Crippen molar-refractivity contribution in [3.63, 3.8) is 0 Å². The Bertz CT molecular complexity index is 167. The van der Waals surface area contributed by atoms with E-state index in [0.29, 0.717) is 12.6 Å². The van der Waals surface area contributed by atoms with E-state index in [-0.39, 0.29) is 0 Å². The van der Waals surface area contributed by atoms with E-state index in [0.717, 1.165) is 13.0 Å². The zero-order valence-corrected chi connectivity index (χ0v) is 11.0. The molecule has 0 saturated carbocycles. The van der Waals surface area contributed by atoms with Crippen LogP contribution >= 0.6 is 0 Å². The molecule has 0 spiro atoms. The van der Waals surface area contributed by atoms with Crippen LogP contribution in [0.1, 0.15) is 39.5 Å². The predicted octanol–water partition coefficient (Wildman–Crippen LogP) is 1.57. The Morgan fingerprint density at radius 1 is 1.12 bits per heavy atom. The Labute approximate surface area is 100 Å². The van der Waals surface area contributed by atoms with Crippen LogP contribution in [0, 0.1) is 0 Å². The lowest BCUT2D eigenvalue weighted by atomic mass is 10.2. The van der Waals surface area contributed by atoms with Gasteiger partial charge in [-0.05, 0) is 65.7 Å². The third kappa shape index (κ3) is 5.28. The van der Waals surface area contributed by atoms with Gasteiger partial charge in [-0.15, -0.1) is 0 Å². The topological polar surface area (TPSA) is 26.7 Å². The first-order valence-corrected chi connectivity index (χ1v) is 6.81. The van der Waals surface area contributed by atoms with Gasteiger partial charge in [0.15, 0.2) is 0 Å². The molecule has 1 saturated heterocycles. The van der Waals surface area contributed by atoms with Crippen molar-refractivity contribution in [2.24, 2.45) is 0 Å². The van der Waals surface area contributed by atoms with E-state index in [1.807, 2.05) is 0 Å². The van der Waals surface area contributed by atoms with Crippen molar-refractivity contribution in [3.05, 3.63) is 0 Å². The van der Waals surface area contributed by atoms with Crippen molar-refractivity contribution in [3.8, 4) is 0 Å². The molecule has 1 fully saturated rings. The summed E-state index contributed by atoms with van der Waals surface area (Å²) in [7, 11) is 0. The van der Waals surface area contributed by atoms with Crippen molar-refractivity contribution in [1.29, 1.82) is 0 Å². The molecule has 0 unspecified atom stereocenters. The first-order valence-electron chi connectivity index (χ1n) is 6.81. The van der Waals surface area contributed by atoms with Crippen molar-refractivity contribution >= 4 is 0 Å². The Hall–Kier alpha value is -0.120. The summed E-state index contributed by atoms with van der Waals surface area (Å²) in [5.41, 5.74) is 0. The van der Waals surface area contributed by atoms with Gasteiger partial charge in [-0.1, -0.05) is 0 Å². The second-order valence-electron chi connectivity index (χ2n) is 5.11. The number of hydrogen-bond acceptors (Lipinski definition) is 3. The van der Waals surface area contributed by atoms with Crippen molar-refractivity contribution < 1.29 is 5.11 Å². The predicted molar refractivity (Wildman–Crippen MR) is 68.7 cm³/mol. The maximum absolute atomic E-state index is 8.86. The summed E-state index contributed by atoms with van der Waals surface area (Å²) in [6.07, 6.45) is 4.95. The maximum Gasteiger partial charge on any atom is 0.0443 e. The van der Waals surface area contributed by atoms with E-state index in [1.165, 1.54) is 45.4 Å². The third-order valence-corrected chi connectivity index (χ3v) is 3.45. The van der Waals surface area contributed by atoms with Gasteiger partial charge in [-0.25, -0.2) is 0 Å². The minimum atomic E-state index is 0.315. The average Bonchev–Trinajstić information content (AvgIpc) is 2.75. The van der Waals surface area contributed by atoms with Crippen molar-refractivity contribution in [2.75, 3.05) is 39.3 Å². The summed E-state index contributed by atoms with van der Waals surface area (Å²) in [6.45, 7) is 10.9. The molecule has 0 aliphatic carbocycles. The molecule has 1 rings (SSSR count). The number of aliphatic hydroxyl groups excluding tert-OH is 1. The van der Waals surface area contributed by atoms with Gasteiger partial charge in [0.2, 0.25) is 0 Å². The Morgan fingerprint density at radius 2 is 1.75 bits per heavy atom. The number of hydrogen-bond donors (Lipinski definition) is 1. The first kappa shape index (κ1) is 13.9. The van der Waals surface area contributed by atoms with Crippen LogP contribution in [0.25, 0.3) is 0 Å². The number of aliphatic hydroxyl groups is 1. The number of rotatable bonds is 8. The molecule has 0 bridgehead atoms. The molecule has 96 valence electrons. The molecule has 0 aromatic rings. The molecule has 1 aliphatic heterocycles. The summed E-state index contributed by atoms with van der Waals surface area (Å²) in [5.74, 6) is 0. The van der Waals surface area contributed by atoms with Gasteiger partial charge in [0.05, 0.1) is 0 Å². The smallest absolute Gasteiger partial charge is 0.0443 e. The first-order chi connectivity index (χ1) is 7.74. The van der Waals surface area contributed by atoms with Crippen LogP contribution in [0.15, 0.2) is 0 Å². The molecule has 0 radical (unpaired) electrons. The Morgan fingerprint density at radius 3 is 2.31 bits per heavy atom. The summed E-state index contributed by atoms with van der Waals surface area (Å²) < 4.78 is 0. The highest BCUT2D eigenvalue weighted by atomic mass is 16.3. The van der Waals surface area contributed by atoms with E-state index in [1.54, 1.807) is 0 Å². The molecule has 1 N–H and O–H groups in total. The monoisotopic (exact) mass is 228 g/mol. The summed E-state index contributed by atoms with van der Waals surface area (Å²) >= 11 is 0. The van der Waals surface area contributed by atoms with Gasteiger partial charge in [0.1, 0.15) is 0 Å². The van der Waals surface area contributed by atoms with E-state index in [2.05, 4.69) is 23.6 Å². The van der Waals surface area contributed by atoms with E-state index < -0.39 is 0 Å². The van der Waals surface area contributed by atoms with Gasteiger partial charge in [-0.2, -0.15) is 0 Å². The van der Waals surface area contributed by atoms with Crippen LogP contribution in [-0.4, -0.2) is 60.3 Å². The molecular formula is C13H28N2O. The number of nitrogens with zero attached hydrogens (tertiary/aromatic N) is 2. The molecule has 0 atom stereocenters. The van der Waals surface area contributed by atoms with Crippen molar-refractivity contribution in [1.82, 2.24) is 9.80 Å². The minimum absolute atomic E-state index is 0.315. The molecule has 16 heavy (non-hydrogen) atoms. The van der Waals surface area contributed by atoms with Crippen molar-refractivity contribution in [2.45, 2.75) is 45.6 Å². The van der Waals surface area contributed by atoms with Crippen LogP contribution in [0.5, 0.6) is 0 Å². The van der Waals surface area contributed by atoms with Gasteiger partial charge >= 0.3 is 0 Å². The second-order valence-corrected chi connectivity index (χ2v) is 5.11. The molecule has 0 aromatic carbocycles. The lowest BCUT2D eigenvalue weighted by Gasteiger charge is -2.27. The summed E-state index contributed by atoms with van der Waals surface area (Å²) in [6, 6.07) is 0.602. The standard InChI is InChI=1S/C13H28N2O/c1-13(2)15(11-6-12-16)10-5-9-14-7-3-4-8-14/h13,16H,3-12H2,1-2H3. The van der Waals surface area contributed by atoms with Crippen LogP contribution < -0.4 is 0 Å². The lowest BCUT2D eigenvalue weighted by molar-refractivity contribution is 0.182. The average molecular weight is 228 g/mol. The Balaban J connectivity index is 2.10. The van der Waals surface area contributed by atoms with Gasteiger partial charge in [0, 0.05) is 19.2 Å². The van der Waals surface area contributed by atoms with Gasteiger partial charge in [-0.3, -0.25) is 0 Å². The fraction of sp³-hybridized carbons (Fsp3) is 1.00. The highest BCUT2D eigenvalue weighted by molar-refractivity contribution is 4.68. The minimum Gasteiger partial charge on any atom is -0.396 e. The van der Waals surface area contributed by atoms with E-state index >= 15 is 0 Å². The van der Waals surface area contributed by atoms with Crippen LogP contribution in [-0.2, 0) is 0 Å². The third-order valence-electron chi connectivity index (χ3n) is 3.45. The Kier molecular flexibility index (Phi) is 7.01. The summed E-state index contributed by atoms with van der Waals surface area (Å²) in [5, 5.41) is 8.86. The highest BCUT2D eigenvalue weighted by Crippen LogP contribution is 2.08. The van der Waals surface area contributed by atoms with Crippen LogP contribution in [0.3, 0.4) is 0 Å². The molecule has 3 heteroatoms. The maximum atomic E-state index is 8.86. The largest absolute Gasteiger partial charge is 0.396 e. The fourth-order valence-electron chi connectivity index (χ4n) is 2.41. The second kappa shape index (κ2) is 8.04. The normalized spacial score (nSPS) is 17.8. The highest BCUT2D eigenvalue weighted by Gasteiger charge is 2.12. The van der Waals surface area contributed by atoms with E-state index in [9.17, 15) is 0 Å². The molecule has 1 aliphatic rings. The molecule has 3 nitrogen and oxygen atoms in total. The quantitative estimate of drug-likeness (QED) is 0.683. The van der Waals surface area contributed by atoms with E-state index in [4.69, 9.17) is 5.11 Å². The molecule has 0 aromatic heterocycles. The number of likely N-dealkylation sites (tertiary alicyclic amines) is 1. The lowest BCUT2D eigenvalue weighted by Crippen LogP contribution is -2.35. The molecule has 0 amide bonds. The van der Waals surface area contributed by atoms with Crippen LogP contribution in [0.4, 0.5) is 0 Å². The molecular weight excluding hydrogens is 200 g/mol. The summed E-state index contributed by atoms with van der Waals surface area (Å²) in [4.78, 5) is 5.05. The molecule has 1 heterocycles. The van der Waals surface area contributed by atoms with Gasteiger partial charge < -0.3 is 14.9 Å².